The van der Waals surface area contributed by atoms with Gasteiger partial charge in [-0.1, -0.05) is 6.07 Å². The van der Waals surface area contributed by atoms with Crippen LogP contribution in [0.1, 0.15) is 56.2 Å². The van der Waals surface area contributed by atoms with Gasteiger partial charge in [0, 0.05) is 13.6 Å². The average molecular weight is 367 g/mol. The standard InChI is InChI=1S/C19H21N5O3/c1-24-8-13(20)15-17(24)16(22-9-21-15)18(25)23-14-6-4-10-7-11(19(26)27-2)3-5-12(10)14/h3,5,7,9,13-14H,4,6,8,20H2,1-2H3,(H,23,25)/t13?,14-/m0/s1. The summed E-state index contributed by atoms with van der Waals surface area (Å²) in [6.45, 7) is 0.608. The Kier molecular flexibility index (Phi) is 4.27. The number of aryl methyl sites for hydroxylation is 1. The van der Waals surface area contributed by atoms with E-state index in [0.717, 1.165) is 24.0 Å². The van der Waals surface area contributed by atoms with Gasteiger partial charge < -0.3 is 20.7 Å². The topological polar surface area (TPSA) is 110 Å². The number of amides is 1. The number of likely N-dealkylation sites (N-methyl/N-ethyl adjacent to an activating group) is 1. The Balaban J connectivity index is 1.58. The highest BCUT2D eigenvalue weighted by molar-refractivity contribution is 5.99. The normalized spacial score (nSPS) is 20.2. The van der Waals surface area contributed by atoms with Crippen molar-refractivity contribution in [3.63, 3.8) is 0 Å². The summed E-state index contributed by atoms with van der Waals surface area (Å²) in [7, 11) is 3.24. The monoisotopic (exact) mass is 367 g/mol. The molecule has 2 aromatic rings. The zero-order chi connectivity index (χ0) is 19.1. The van der Waals surface area contributed by atoms with Crippen molar-refractivity contribution in [3.05, 3.63) is 52.6 Å². The van der Waals surface area contributed by atoms with Crippen LogP contribution in [0.3, 0.4) is 0 Å². The lowest BCUT2D eigenvalue weighted by atomic mass is 10.0. The van der Waals surface area contributed by atoms with Crippen LogP contribution in [-0.2, 0) is 11.2 Å². The summed E-state index contributed by atoms with van der Waals surface area (Å²) in [5.41, 5.74) is 10.4. The number of esters is 1. The molecule has 0 fully saturated rings. The fraction of sp³-hybridized carbons (Fsp3) is 0.368. The van der Waals surface area contributed by atoms with Gasteiger partial charge in [-0.2, -0.15) is 0 Å². The van der Waals surface area contributed by atoms with Crippen LogP contribution in [0.2, 0.25) is 0 Å². The maximum Gasteiger partial charge on any atom is 0.337 e. The molecule has 140 valence electrons. The molecule has 8 heteroatoms. The lowest BCUT2D eigenvalue weighted by molar-refractivity contribution is 0.0600. The van der Waals surface area contributed by atoms with Crippen molar-refractivity contribution in [3.8, 4) is 0 Å². The summed E-state index contributed by atoms with van der Waals surface area (Å²) < 4.78 is 4.77. The van der Waals surface area contributed by atoms with Crippen LogP contribution in [0.25, 0.3) is 0 Å². The third-order valence-corrected chi connectivity index (χ3v) is 5.22. The Morgan fingerprint density at radius 3 is 2.93 bits per heavy atom. The van der Waals surface area contributed by atoms with Gasteiger partial charge in [-0.25, -0.2) is 14.8 Å². The molecule has 2 aliphatic rings. The summed E-state index contributed by atoms with van der Waals surface area (Å²) >= 11 is 0. The molecule has 1 unspecified atom stereocenters. The molecule has 27 heavy (non-hydrogen) atoms. The zero-order valence-electron chi connectivity index (χ0n) is 15.2. The first-order valence-corrected chi connectivity index (χ1v) is 8.83. The van der Waals surface area contributed by atoms with E-state index in [1.165, 1.54) is 13.4 Å². The van der Waals surface area contributed by atoms with E-state index in [-0.39, 0.29) is 24.0 Å². The van der Waals surface area contributed by atoms with Crippen LogP contribution in [0, 0.1) is 0 Å². The Labute approximate surface area is 156 Å². The van der Waals surface area contributed by atoms with Crippen molar-refractivity contribution in [2.45, 2.75) is 24.9 Å². The first-order chi connectivity index (χ1) is 13.0. The number of nitrogens with one attached hydrogen (secondary N) is 1. The molecule has 0 saturated heterocycles. The molecule has 1 aliphatic carbocycles. The molecule has 0 saturated carbocycles. The van der Waals surface area contributed by atoms with Crippen molar-refractivity contribution in [2.24, 2.45) is 5.73 Å². The number of nitrogens with zero attached hydrogens (tertiary/aromatic N) is 3. The maximum absolute atomic E-state index is 12.9. The lowest BCUT2D eigenvalue weighted by Gasteiger charge is -2.18. The molecule has 1 aliphatic heterocycles. The molecular formula is C19H21N5O3. The van der Waals surface area contributed by atoms with E-state index in [0.29, 0.717) is 29.2 Å². The Morgan fingerprint density at radius 2 is 2.15 bits per heavy atom. The summed E-state index contributed by atoms with van der Waals surface area (Å²) in [6.07, 6.45) is 2.95. The molecule has 0 radical (unpaired) electrons. The second kappa shape index (κ2) is 6.62. The SMILES string of the molecule is COC(=O)c1ccc2c(c1)CC[C@@H]2NC(=O)c1ncnc2c1N(C)CC2N. The Hall–Kier alpha value is -3.00. The van der Waals surface area contributed by atoms with Crippen LogP contribution in [0.4, 0.5) is 5.69 Å². The molecular weight excluding hydrogens is 346 g/mol. The number of anilines is 1. The second-order valence-corrected chi connectivity index (χ2v) is 6.91. The molecule has 0 bridgehead atoms. The van der Waals surface area contributed by atoms with E-state index in [1.807, 2.05) is 24.1 Å². The maximum atomic E-state index is 12.9. The van der Waals surface area contributed by atoms with Crippen molar-refractivity contribution < 1.29 is 14.3 Å². The molecule has 3 N–H and O–H groups in total. The number of carbonyl (C=O) groups is 2. The van der Waals surface area contributed by atoms with Gasteiger partial charge in [-0.3, -0.25) is 4.79 Å². The fourth-order valence-electron chi connectivity index (χ4n) is 3.92. The van der Waals surface area contributed by atoms with Crippen molar-refractivity contribution in [1.82, 2.24) is 15.3 Å². The van der Waals surface area contributed by atoms with Crippen molar-refractivity contribution in [2.75, 3.05) is 25.6 Å². The van der Waals surface area contributed by atoms with E-state index in [4.69, 9.17) is 10.5 Å². The molecule has 1 amide bonds. The first kappa shape index (κ1) is 17.4. The minimum absolute atomic E-state index is 0.120. The van der Waals surface area contributed by atoms with Gasteiger partial charge in [0.1, 0.15) is 6.33 Å². The predicted molar refractivity (Wildman–Crippen MR) is 98.5 cm³/mol. The molecule has 2 atom stereocenters. The summed E-state index contributed by atoms with van der Waals surface area (Å²) in [5, 5.41) is 3.07. The van der Waals surface area contributed by atoms with Crippen molar-refractivity contribution >= 4 is 17.6 Å². The third-order valence-electron chi connectivity index (χ3n) is 5.22. The summed E-state index contributed by atoms with van der Waals surface area (Å²) in [5.74, 6) is -0.606. The van der Waals surface area contributed by atoms with E-state index in [2.05, 4.69) is 15.3 Å². The summed E-state index contributed by atoms with van der Waals surface area (Å²) in [4.78, 5) is 35.0. The summed E-state index contributed by atoms with van der Waals surface area (Å²) in [6, 6.07) is 5.10. The molecule has 8 nitrogen and oxygen atoms in total. The van der Waals surface area contributed by atoms with Gasteiger partial charge in [0.15, 0.2) is 5.69 Å². The molecule has 1 aromatic heterocycles. The average Bonchev–Trinajstić information content (AvgIpc) is 3.21. The number of ether oxygens (including phenoxy) is 1. The van der Waals surface area contributed by atoms with Crippen LogP contribution in [-0.4, -0.2) is 42.5 Å². The minimum Gasteiger partial charge on any atom is -0.465 e. The van der Waals surface area contributed by atoms with E-state index in [1.54, 1.807) is 6.07 Å². The smallest absolute Gasteiger partial charge is 0.337 e. The number of carbonyl (C=O) groups excluding carboxylic acids is 2. The third kappa shape index (κ3) is 2.91. The largest absolute Gasteiger partial charge is 0.465 e. The molecule has 1 aromatic carbocycles. The van der Waals surface area contributed by atoms with E-state index >= 15 is 0 Å². The number of methoxy groups -OCH3 is 1. The van der Waals surface area contributed by atoms with Gasteiger partial charge in [-0.05, 0) is 36.1 Å². The van der Waals surface area contributed by atoms with Crippen LogP contribution < -0.4 is 16.0 Å². The van der Waals surface area contributed by atoms with Crippen LogP contribution >= 0.6 is 0 Å². The number of hydrogen-bond acceptors (Lipinski definition) is 7. The first-order valence-electron chi connectivity index (χ1n) is 8.83. The minimum atomic E-state index is -0.360. The van der Waals surface area contributed by atoms with Gasteiger partial charge in [-0.15, -0.1) is 0 Å². The molecule has 0 spiro atoms. The Bertz CT molecular complexity index is 930. The highest BCUT2D eigenvalue weighted by atomic mass is 16.5. The van der Waals surface area contributed by atoms with Crippen LogP contribution in [0.5, 0.6) is 0 Å². The van der Waals surface area contributed by atoms with Crippen molar-refractivity contribution in [1.29, 1.82) is 0 Å². The quantitative estimate of drug-likeness (QED) is 0.783. The number of hydrogen-bond donors (Lipinski definition) is 2. The number of rotatable bonds is 3. The second-order valence-electron chi connectivity index (χ2n) is 6.91. The highest BCUT2D eigenvalue weighted by Gasteiger charge is 2.32. The van der Waals surface area contributed by atoms with E-state index < -0.39 is 0 Å². The number of fused-ring (bicyclic) bond motifs is 2. The number of aromatic nitrogens is 2. The lowest BCUT2D eigenvalue weighted by Crippen LogP contribution is -2.30. The molecule has 4 rings (SSSR count). The van der Waals surface area contributed by atoms with Crippen LogP contribution in [0.15, 0.2) is 24.5 Å². The van der Waals surface area contributed by atoms with Gasteiger partial charge in [0.2, 0.25) is 0 Å². The van der Waals surface area contributed by atoms with Gasteiger partial charge >= 0.3 is 5.97 Å². The van der Waals surface area contributed by atoms with E-state index in [9.17, 15) is 9.59 Å². The molecule has 2 heterocycles. The zero-order valence-corrected chi connectivity index (χ0v) is 15.2. The van der Waals surface area contributed by atoms with Gasteiger partial charge in [0.05, 0.1) is 36.1 Å². The number of nitrogens with two attached hydrogens (primary N) is 1. The fourth-order valence-corrected chi connectivity index (χ4v) is 3.92. The number of benzene rings is 1. The predicted octanol–water partition coefficient (Wildman–Crippen LogP) is 1.13. The Morgan fingerprint density at radius 1 is 1.33 bits per heavy atom. The highest BCUT2D eigenvalue weighted by Crippen LogP contribution is 2.35. The van der Waals surface area contributed by atoms with Gasteiger partial charge in [0.25, 0.3) is 5.91 Å².